The van der Waals surface area contributed by atoms with Crippen molar-refractivity contribution < 1.29 is 4.79 Å². The SMILES string of the molecule is O=C(CNc1ccc(Cl)cc1)NC1CC1. The van der Waals surface area contributed by atoms with Crippen molar-refractivity contribution in [2.24, 2.45) is 0 Å². The van der Waals surface area contributed by atoms with E-state index in [0.29, 0.717) is 17.6 Å². The van der Waals surface area contributed by atoms with Crippen molar-refractivity contribution in [3.63, 3.8) is 0 Å². The zero-order valence-corrected chi connectivity index (χ0v) is 9.05. The molecule has 2 N–H and O–H groups in total. The highest BCUT2D eigenvalue weighted by atomic mass is 35.5. The van der Waals surface area contributed by atoms with Gasteiger partial charge in [0.05, 0.1) is 6.54 Å². The maximum absolute atomic E-state index is 11.3. The molecule has 80 valence electrons. The third-order valence-electron chi connectivity index (χ3n) is 2.24. The van der Waals surface area contributed by atoms with Gasteiger partial charge < -0.3 is 10.6 Å². The summed E-state index contributed by atoms with van der Waals surface area (Å²) in [6, 6.07) is 7.72. The lowest BCUT2D eigenvalue weighted by molar-refractivity contribution is -0.119. The summed E-state index contributed by atoms with van der Waals surface area (Å²) in [5.41, 5.74) is 0.908. The Morgan fingerprint density at radius 3 is 2.60 bits per heavy atom. The maximum Gasteiger partial charge on any atom is 0.239 e. The van der Waals surface area contributed by atoms with Crippen molar-refractivity contribution in [3.05, 3.63) is 29.3 Å². The minimum atomic E-state index is 0.0486. The second-order valence-electron chi connectivity index (χ2n) is 3.70. The third kappa shape index (κ3) is 3.44. The molecule has 0 saturated heterocycles. The summed E-state index contributed by atoms with van der Waals surface area (Å²) < 4.78 is 0. The Bertz CT molecular complexity index is 346. The molecule has 3 nitrogen and oxygen atoms in total. The van der Waals surface area contributed by atoms with Crippen molar-refractivity contribution in [1.82, 2.24) is 5.32 Å². The van der Waals surface area contributed by atoms with E-state index in [4.69, 9.17) is 11.6 Å². The molecular weight excluding hydrogens is 212 g/mol. The van der Waals surface area contributed by atoms with E-state index in [-0.39, 0.29) is 5.91 Å². The standard InChI is InChI=1S/C11H13ClN2O/c12-8-1-3-9(4-2-8)13-7-11(15)14-10-5-6-10/h1-4,10,13H,5-7H2,(H,14,15). The highest BCUT2D eigenvalue weighted by Crippen LogP contribution is 2.18. The number of rotatable bonds is 4. The third-order valence-corrected chi connectivity index (χ3v) is 2.49. The first kappa shape index (κ1) is 10.3. The summed E-state index contributed by atoms with van der Waals surface area (Å²) >= 11 is 5.74. The van der Waals surface area contributed by atoms with Crippen LogP contribution < -0.4 is 10.6 Å². The molecule has 0 heterocycles. The van der Waals surface area contributed by atoms with Crippen LogP contribution in [0, 0.1) is 0 Å². The van der Waals surface area contributed by atoms with Crippen molar-refractivity contribution in [2.45, 2.75) is 18.9 Å². The topological polar surface area (TPSA) is 41.1 Å². The number of carbonyl (C=O) groups excluding carboxylic acids is 1. The fourth-order valence-electron chi connectivity index (χ4n) is 1.26. The van der Waals surface area contributed by atoms with E-state index in [1.807, 2.05) is 12.1 Å². The predicted molar refractivity (Wildman–Crippen MR) is 61.1 cm³/mol. The van der Waals surface area contributed by atoms with Gasteiger partial charge in [0.2, 0.25) is 5.91 Å². The Labute approximate surface area is 93.8 Å². The number of anilines is 1. The number of carbonyl (C=O) groups is 1. The van der Waals surface area contributed by atoms with Gasteiger partial charge in [-0.1, -0.05) is 11.6 Å². The average Bonchev–Trinajstić information content (AvgIpc) is 3.01. The van der Waals surface area contributed by atoms with Gasteiger partial charge >= 0.3 is 0 Å². The largest absolute Gasteiger partial charge is 0.376 e. The van der Waals surface area contributed by atoms with Gasteiger partial charge in [0.25, 0.3) is 0 Å². The number of benzene rings is 1. The van der Waals surface area contributed by atoms with E-state index in [2.05, 4.69) is 10.6 Å². The Morgan fingerprint density at radius 1 is 1.33 bits per heavy atom. The molecule has 1 aromatic rings. The molecule has 1 saturated carbocycles. The van der Waals surface area contributed by atoms with Gasteiger partial charge in [-0.3, -0.25) is 4.79 Å². The molecule has 0 radical (unpaired) electrons. The number of hydrogen-bond acceptors (Lipinski definition) is 2. The molecule has 0 unspecified atom stereocenters. The van der Waals surface area contributed by atoms with E-state index in [0.717, 1.165) is 18.5 Å². The lowest BCUT2D eigenvalue weighted by Gasteiger charge is -2.06. The van der Waals surface area contributed by atoms with Crippen molar-refractivity contribution >= 4 is 23.2 Å². The molecule has 0 spiro atoms. The molecule has 1 fully saturated rings. The monoisotopic (exact) mass is 224 g/mol. The molecule has 15 heavy (non-hydrogen) atoms. The summed E-state index contributed by atoms with van der Waals surface area (Å²) in [7, 11) is 0. The van der Waals surface area contributed by atoms with Gasteiger partial charge in [-0.25, -0.2) is 0 Å². The Morgan fingerprint density at radius 2 is 2.00 bits per heavy atom. The molecule has 0 bridgehead atoms. The van der Waals surface area contributed by atoms with Crippen LogP contribution in [0.15, 0.2) is 24.3 Å². The van der Waals surface area contributed by atoms with Gasteiger partial charge in [-0.15, -0.1) is 0 Å². The minimum absolute atomic E-state index is 0.0486. The minimum Gasteiger partial charge on any atom is -0.376 e. The van der Waals surface area contributed by atoms with Gasteiger partial charge in [-0.2, -0.15) is 0 Å². The summed E-state index contributed by atoms with van der Waals surface area (Å²) in [5.74, 6) is 0.0486. The first-order valence-electron chi connectivity index (χ1n) is 5.03. The Kier molecular flexibility index (Phi) is 3.11. The molecule has 0 aliphatic heterocycles. The second kappa shape index (κ2) is 4.53. The fourth-order valence-corrected chi connectivity index (χ4v) is 1.38. The van der Waals surface area contributed by atoms with Gasteiger partial charge in [-0.05, 0) is 37.1 Å². The van der Waals surface area contributed by atoms with E-state index in [9.17, 15) is 4.79 Å². The quantitative estimate of drug-likeness (QED) is 0.822. The average molecular weight is 225 g/mol. The first-order chi connectivity index (χ1) is 7.24. The molecular formula is C11H13ClN2O. The van der Waals surface area contributed by atoms with Crippen molar-refractivity contribution in [1.29, 1.82) is 0 Å². The lowest BCUT2D eigenvalue weighted by Crippen LogP contribution is -2.31. The smallest absolute Gasteiger partial charge is 0.239 e. The molecule has 1 aliphatic carbocycles. The van der Waals surface area contributed by atoms with Crippen LogP contribution in [-0.2, 0) is 4.79 Å². The molecule has 1 aromatic carbocycles. The number of nitrogens with one attached hydrogen (secondary N) is 2. The van der Waals surface area contributed by atoms with Crippen LogP contribution in [0.4, 0.5) is 5.69 Å². The van der Waals surface area contributed by atoms with E-state index < -0.39 is 0 Å². The van der Waals surface area contributed by atoms with Crippen LogP contribution in [0.25, 0.3) is 0 Å². The van der Waals surface area contributed by atoms with Crippen LogP contribution in [-0.4, -0.2) is 18.5 Å². The lowest BCUT2D eigenvalue weighted by atomic mass is 10.3. The van der Waals surface area contributed by atoms with E-state index in [1.165, 1.54) is 0 Å². The van der Waals surface area contributed by atoms with Crippen molar-refractivity contribution in [2.75, 3.05) is 11.9 Å². The fraction of sp³-hybridized carbons (Fsp3) is 0.364. The van der Waals surface area contributed by atoms with E-state index in [1.54, 1.807) is 12.1 Å². The zero-order valence-electron chi connectivity index (χ0n) is 8.29. The summed E-state index contributed by atoms with van der Waals surface area (Å²) in [4.78, 5) is 11.3. The number of halogens is 1. The maximum atomic E-state index is 11.3. The van der Waals surface area contributed by atoms with Crippen LogP contribution in [0.5, 0.6) is 0 Å². The van der Waals surface area contributed by atoms with Gasteiger partial charge in [0.1, 0.15) is 0 Å². The Balaban J connectivity index is 1.76. The van der Waals surface area contributed by atoms with Crippen LogP contribution in [0.3, 0.4) is 0 Å². The predicted octanol–water partition coefficient (Wildman–Crippen LogP) is 2.03. The van der Waals surface area contributed by atoms with Gasteiger partial charge in [0, 0.05) is 16.8 Å². The molecule has 0 atom stereocenters. The number of amides is 1. The van der Waals surface area contributed by atoms with Crippen molar-refractivity contribution in [3.8, 4) is 0 Å². The molecule has 1 aliphatic rings. The molecule has 0 aromatic heterocycles. The zero-order chi connectivity index (χ0) is 10.7. The van der Waals surface area contributed by atoms with Crippen LogP contribution in [0.2, 0.25) is 5.02 Å². The molecule has 2 rings (SSSR count). The molecule has 4 heteroatoms. The van der Waals surface area contributed by atoms with Gasteiger partial charge in [0.15, 0.2) is 0 Å². The normalized spacial score (nSPS) is 14.7. The Hall–Kier alpha value is -1.22. The highest BCUT2D eigenvalue weighted by Gasteiger charge is 2.22. The first-order valence-corrected chi connectivity index (χ1v) is 5.40. The molecule has 1 amide bonds. The summed E-state index contributed by atoms with van der Waals surface area (Å²) in [6.45, 7) is 0.318. The summed E-state index contributed by atoms with van der Waals surface area (Å²) in [6.07, 6.45) is 2.24. The highest BCUT2D eigenvalue weighted by molar-refractivity contribution is 6.30. The second-order valence-corrected chi connectivity index (χ2v) is 4.14. The van der Waals surface area contributed by atoms with Crippen LogP contribution in [0.1, 0.15) is 12.8 Å². The summed E-state index contributed by atoms with van der Waals surface area (Å²) in [5, 5.41) is 6.64. The number of hydrogen-bond donors (Lipinski definition) is 2. The van der Waals surface area contributed by atoms with Crippen LogP contribution >= 0.6 is 11.6 Å². The van der Waals surface area contributed by atoms with E-state index >= 15 is 0 Å².